The molecule has 7 nitrogen and oxygen atoms in total. The number of hydrogen-bond acceptors (Lipinski definition) is 4. The van der Waals surface area contributed by atoms with Crippen molar-refractivity contribution in [3.63, 3.8) is 0 Å². The van der Waals surface area contributed by atoms with Crippen molar-refractivity contribution in [2.24, 2.45) is 0 Å². The lowest BCUT2D eigenvalue weighted by Crippen LogP contribution is -2.38. The molecule has 0 aliphatic heterocycles. The van der Waals surface area contributed by atoms with Crippen LogP contribution in [0.5, 0.6) is 0 Å². The van der Waals surface area contributed by atoms with Gasteiger partial charge in [0.25, 0.3) is 5.91 Å². The fourth-order valence-electron chi connectivity index (χ4n) is 3.53. The predicted octanol–water partition coefficient (Wildman–Crippen LogP) is 2.48. The highest BCUT2D eigenvalue weighted by Crippen LogP contribution is 2.28. The Hall–Kier alpha value is -3.42. The average Bonchev–Trinajstić information content (AvgIpc) is 3.44. The van der Waals surface area contributed by atoms with E-state index in [4.69, 9.17) is 4.42 Å². The van der Waals surface area contributed by atoms with E-state index in [1.54, 1.807) is 36.0 Å². The van der Waals surface area contributed by atoms with E-state index in [0.29, 0.717) is 17.1 Å². The van der Waals surface area contributed by atoms with E-state index in [1.165, 1.54) is 23.3 Å². The highest BCUT2D eigenvalue weighted by atomic mass is 19.1. The van der Waals surface area contributed by atoms with Crippen LogP contribution < -0.4 is 5.32 Å². The number of fused-ring (bicyclic) bond motifs is 1. The van der Waals surface area contributed by atoms with E-state index in [-0.39, 0.29) is 30.7 Å². The number of nitrogens with zero attached hydrogens (tertiary/aromatic N) is 3. The second kappa shape index (κ2) is 7.90. The molecule has 2 amide bonds. The number of furan rings is 1. The summed E-state index contributed by atoms with van der Waals surface area (Å²) in [5.74, 6) is -0.277. The second-order valence-electron chi connectivity index (χ2n) is 7.03. The summed E-state index contributed by atoms with van der Waals surface area (Å²) in [6, 6.07) is 9.53. The van der Waals surface area contributed by atoms with Crippen molar-refractivity contribution in [3.05, 3.63) is 71.2 Å². The molecule has 150 valence electrons. The molecule has 0 saturated carbocycles. The molecular formula is C21H21FN4O3. The van der Waals surface area contributed by atoms with E-state index in [0.717, 1.165) is 30.5 Å². The molecule has 1 aliphatic rings. The van der Waals surface area contributed by atoms with Gasteiger partial charge in [0.1, 0.15) is 11.6 Å². The normalized spacial score (nSPS) is 12.6. The van der Waals surface area contributed by atoms with Crippen molar-refractivity contribution < 1.29 is 18.4 Å². The van der Waals surface area contributed by atoms with Crippen LogP contribution in [0.3, 0.4) is 0 Å². The Morgan fingerprint density at radius 3 is 2.76 bits per heavy atom. The molecule has 2 aromatic heterocycles. The summed E-state index contributed by atoms with van der Waals surface area (Å²) in [5.41, 5.74) is 2.93. The third-order valence-corrected chi connectivity index (χ3v) is 4.97. The Labute approximate surface area is 167 Å². The van der Waals surface area contributed by atoms with Gasteiger partial charge in [-0.25, -0.2) is 9.07 Å². The zero-order valence-corrected chi connectivity index (χ0v) is 16.0. The van der Waals surface area contributed by atoms with Gasteiger partial charge in [0.2, 0.25) is 5.91 Å². The molecule has 0 saturated heterocycles. The number of hydrogen-bond donors (Lipinski definition) is 1. The van der Waals surface area contributed by atoms with E-state index < -0.39 is 0 Å². The fourth-order valence-corrected chi connectivity index (χ4v) is 3.53. The van der Waals surface area contributed by atoms with Crippen LogP contribution in [0.2, 0.25) is 0 Å². The van der Waals surface area contributed by atoms with Gasteiger partial charge in [0.05, 0.1) is 25.0 Å². The smallest absolute Gasteiger partial charge is 0.274 e. The van der Waals surface area contributed by atoms with Gasteiger partial charge in [-0.05, 0) is 55.7 Å². The standard InChI is InChI=1S/C21H21FN4O3/c1-25(13-19(27)23-12-16-4-3-11-29-16)21(28)20-17-5-2-6-18(17)26(24-20)15-9-7-14(22)8-10-15/h3-4,7-11H,2,5-6,12-13H2,1H3,(H,23,27). The number of aromatic nitrogens is 2. The molecule has 0 fully saturated rings. The first kappa shape index (κ1) is 18.9. The van der Waals surface area contributed by atoms with Crippen LogP contribution in [0.4, 0.5) is 4.39 Å². The number of likely N-dealkylation sites (N-methyl/N-ethyl adjacent to an activating group) is 1. The molecule has 1 aliphatic carbocycles. The fraction of sp³-hybridized carbons (Fsp3) is 0.286. The van der Waals surface area contributed by atoms with Crippen LogP contribution in [0, 0.1) is 5.82 Å². The molecule has 0 atom stereocenters. The summed E-state index contributed by atoms with van der Waals surface area (Å²) in [6.07, 6.45) is 4.04. The van der Waals surface area contributed by atoms with Crippen LogP contribution in [-0.2, 0) is 24.2 Å². The van der Waals surface area contributed by atoms with E-state index in [2.05, 4.69) is 10.4 Å². The minimum atomic E-state index is -0.325. The molecule has 0 unspecified atom stereocenters. The van der Waals surface area contributed by atoms with Crippen molar-refractivity contribution in [3.8, 4) is 5.69 Å². The topological polar surface area (TPSA) is 80.4 Å². The zero-order chi connectivity index (χ0) is 20.4. The van der Waals surface area contributed by atoms with Gasteiger partial charge in [0, 0.05) is 18.3 Å². The van der Waals surface area contributed by atoms with Gasteiger partial charge in [-0.1, -0.05) is 0 Å². The van der Waals surface area contributed by atoms with Gasteiger partial charge in [0.15, 0.2) is 5.69 Å². The zero-order valence-electron chi connectivity index (χ0n) is 16.0. The van der Waals surface area contributed by atoms with Crippen molar-refractivity contribution in [2.75, 3.05) is 13.6 Å². The van der Waals surface area contributed by atoms with Crippen molar-refractivity contribution in [1.29, 1.82) is 0 Å². The minimum absolute atomic E-state index is 0.0856. The summed E-state index contributed by atoms with van der Waals surface area (Å²) in [4.78, 5) is 26.5. The molecule has 0 radical (unpaired) electrons. The van der Waals surface area contributed by atoms with Gasteiger partial charge < -0.3 is 14.6 Å². The van der Waals surface area contributed by atoms with Gasteiger partial charge in [-0.3, -0.25) is 9.59 Å². The molecular weight excluding hydrogens is 375 g/mol. The molecule has 1 aromatic carbocycles. The maximum Gasteiger partial charge on any atom is 0.274 e. The summed E-state index contributed by atoms with van der Waals surface area (Å²) in [7, 11) is 1.58. The number of nitrogens with one attached hydrogen (secondary N) is 1. The highest BCUT2D eigenvalue weighted by molar-refractivity contribution is 5.96. The monoisotopic (exact) mass is 396 g/mol. The quantitative estimate of drug-likeness (QED) is 0.694. The molecule has 2 heterocycles. The first-order valence-electron chi connectivity index (χ1n) is 9.44. The Balaban J connectivity index is 1.48. The molecule has 3 aromatic rings. The number of amides is 2. The van der Waals surface area contributed by atoms with Crippen LogP contribution in [0.1, 0.15) is 33.9 Å². The first-order chi connectivity index (χ1) is 14.0. The second-order valence-corrected chi connectivity index (χ2v) is 7.03. The van der Waals surface area contributed by atoms with Crippen molar-refractivity contribution >= 4 is 11.8 Å². The summed E-state index contributed by atoms with van der Waals surface area (Å²) >= 11 is 0. The molecule has 0 bridgehead atoms. The molecule has 1 N–H and O–H groups in total. The number of benzene rings is 1. The van der Waals surface area contributed by atoms with Crippen LogP contribution >= 0.6 is 0 Å². The number of carbonyl (C=O) groups excluding carboxylic acids is 2. The lowest BCUT2D eigenvalue weighted by molar-refractivity contribution is -0.121. The van der Waals surface area contributed by atoms with Gasteiger partial charge >= 0.3 is 0 Å². The van der Waals surface area contributed by atoms with Crippen LogP contribution in [0.15, 0.2) is 47.1 Å². The van der Waals surface area contributed by atoms with Crippen molar-refractivity contribution in [2.45, 2.75) is 25.8 Å². The maximum absolute atomic E-state index is 13.3. The number of halogens is 1. The Kier molecular flexibility index (Phi) is 5.16. The van der Waals surface area contributed by atoms with Gasteiger partial charge in [-0.2, -0.15) is 5.10 Å². The average molecular weight is 396 g/mol. The molecule has 29 heavy (non-hydrogen) atoms. The largest absolute Gasteiger partial charge is 0.467 e. The van der Waals surface area contributed by atoms with Gasteiger partial charge in [-0.15, -0.1) is 0 Å². The van der Waals surface area contributed by atoms with E-state index in [1.807, 2.05) is 0 Å². The summed E-state index contributed by atoms with van der Waals surface area (Å²) in [5, 5.41) is 7.23. The molecule has 0 spiro atoms. The Bertz CT molecular complexity index is 1030. The molecule has 8 heteroatoms. The Morgan fingerprint density at radius 2 is 2.03 bits per heavy atom. The number of carbonyl (C=O) groups is 2. The third kappa shape index (κ3) is 3.91. The lowest BCUT2D eigenvalue weighted by Gasteiger charge is -2.16. The molecule has 4 rings (SSSR count). The lowest BCUT2D eigenvalue weighted by atomic mass is 10.2. The number of rotatable bonds is 6. The van der Waals surface area contributed by atoms with Crippen LogP contribution in [-0.4, -0.2) is 40.1 Å². The first-order valence-corrected chi connectivity index (χ1v) is 9.44. The summed E-state index contributed by atoms with van der Waals surface area (Å²) in [6.45, 7) is 0.181. The predicted molar refractivity (Wildman–Crippen MR) is 103 cm³/mol. The SMILES string of the molecule is CN(CC(=O)NCc1ccco1)C(=O)c1nn(-c2ccc(F)cc2)c2c1CCC2. The Morgan fingerprint density at radius 1 is 1.24 bits per heavy atom. The maximum atomic E-state index is 13.3. The van der Waals surface area contributed by atoms with Crippen molar-refractivity contribution in [1.82, 2.24) is 20.0 Å². The van der Waals surface area contributed by atoms with Crippen LogP contribution in [0.25, 0.3) is 5.69 Å². The third-order valence-electron chi connectivity index (χ3n) is 4.97. The van der Waals surface area contributed by atoms with E-state index >= 15 is 0 Å². The minimum Gasteiger partial charge on any atom is -0.467 e. The highest BCUT2D eigenvalue weighted by Gasteiger charge is 2.29. The summed E-state index contributed by atoms with van der Waals surface area (Å²) < 4.78 is 20.1. The van der Waals surface area contributed by atoms with E-state index in [9.17, 15) is 14.0 Å².